The zero-order valence-electron chi connectivity index (χ0n) is 16.1. The minimum absolute atomic E-state index is 0.0863. The third-order valence-electron chi connectivity index (χ3n) is 4.74. The number of hydrazine groups is 1. The second kappa shape index (κ2) is 9.25. The van der Waals surface area contributed by atoms with E-state index in [2.05, 4.69) is 0 Å². The summed E-state index contributed by atoms with van der Waals surface area (Å²) in [5.74, 6) is -3.23. The summed E-state index contributed by atoms with van der Waals surface area (Å²) in [5.41, 5.74) is -0.528. The molecule has 1 aliphatic heterocycles. The highest BCUT2D eigenvalue weighted by molar-refractivity contribution is 7.12. The number of nitrogens with zero attached hydrogens (tertiary/aromatic N) is 2. The van der Waals surface area contributed by atoms with Crippen molar-refractivity contribution in [3.05, 3.63) is 88.5 Å². The molecular weight excluding hydrogens is 554 g/mol. The van der Waals surface area contributed by atoms with Gasteiger partial charge in [0.15, 0.2) is 5.78 Å². The van der Waals surface area contributed by atoms with Gasteiger partial charge in [-0.1, -0.05) is 64.1 Å². The Kier molecular flexibility index (Phi) is 6.73. The molecule has 168 valence electrons. The molecule has 0 bridgehead atoms. The van der Waals surface area contributed by atoms with Crippen molar-refractivity contribution in [3.8, 4) is 0 Å². The Balaban J connectivity index is 1.82. The quantitative estimate of drug-likeness (QED) is 0.153. The van der Waals surface area contributed by atoms with E-state index in [9.17, 15) is 19.2 Å². The molecule has 1 aliphatic rings. The van der Waals surface area contributed by atoms with Crippen LogP contribution in [0.4, 0.5) is 0 Å². The summed E-state index contributed by atoms with van der Waals surface area (Å²) >= 11 is 31.5. The number of benzene rings is 2. The monoisotopic (exact) mass is 560 g/mol. The first kappa shape index (κ1) is 24.0. The average Bonchev–Trinajstić information content (AvgIpc) is 3.42. The van der Waals surface area contributed by atoms with Crippen molar-refractivity contribution in [1.82, 2.24) is 10.0 Å². The van der Waals surface area contributed by atoms with Gasteiger partial charge in [-0.05, 0) is 35.7 Å². The number of imide groups is 1. The largest absolute Gasteiger partial charge is 0.291 e. The van der Waals surface area contributed by atoms with Crippen LogP contribution in [0, 0.1) is 0 Å². The lowest BCUT2D eigenvalue weighted by atomic mass is 10.1. The van der Waals surface area contributed by atoms with E-state index in [1.807, 2.05) is 0 Å². The molecule has 4 rings (SSSR count). The van der Waals surface area contributed by atoms with Crippen molar-refractivity contribution in [2.24, 2.45) is 0 Å². The van der Waals surface area contributed by atoms with Gasteiger partial charge in [0, 0.05) is 10.6 Å². The normalized spacial score (nSPS) is 12.8. The van der Waals surface area contributed by atoms with Gasteiger partial charge < -0.3 is 0 Å². The number of amides is 3. The first-order valence-electron chi connectivity index (χ1n) is 9.02. The minimum atomic E-state index is -0.971. The Morgan fingerprint density at radius 2 is 1.36 bits per heavy atom. The lowest BCUT2D eigenvalue weighted by Gasteiger charge is -2.29. The first-order chi connectivity index (χ1) is 15.6. The summed E-state index contributed by atoms with van der Waals surface area (Å²) in [6, 6.07) is 8.95. The van der Waals surface area contributed by atoms with Crippen molar-refractivity contribution in [1.29, 1.82) is 0 Å². The topological polar surface area (TPSA) is 74.8 Å². The van der Waals surface area contributed by atoms with Crippen LogP contribution in [0.15, 0.2) is 41.8 Å². The first-order valence-corrected chi connectivity index (χ1v) is 11.8. The molecule has 33 heavy (non-hydrogen) atoms. The molecule has 0 radical (unpaired) electrons. The maximum Gasteiger partial charge on any atom is 0.282 e. The van der Waals surface area contributed by atoms with Crippen LogP contribution in [-0.4, -0.2) is 40.1 Å². The van der Waals surface area contributed by atoms with E-state index >= 15 is 0 Å². The summed E-state index contributed by atoms with van der Waals surface area (Å²) in [7, 11) is 0. The molecule has 0 aliphatic carbocycles. The van der Waals surface area contributed by atoms with Crippen LogP contribution in [0.3, 0.4) is 0 Å². The Morgan fingerprint density at radius 3 is 1.85 bits per heavy atom. The third kappa shape index (κ3) is 4.14. The van der Waals surface area contributed by atoms with Gasteiger partial charge in [-0.25, -0.2) is 5.01 Å². The lowest BCUT2D eigenvalue weighted by Crippen LogP contribution is -2.51. The van der Waals surface area contributed by atoms with E-state index in [1.165, 1.54) is 24.3 Å². The van der Waals surface area contributed by atoms with Crippen LogP contribution in [0.25, 0.3) is 0 Å². The van der Waals surface area contributed by atoms with E-state index in [4.69, 9.17) is 58.0 Å². The summed E-state index contributed by atoms with van der Waals surface area (Å²) in [6.45, 7) is -0.607. The fraction of sp³-hybridized carbons (Fsp3) is 0.0476. The predicted molar refractivity (Wildman–Crippen MR) is 128 cm³/mol. The van der Waals surface area contributed by atoms with Crippen LogP contribution >= 0.6 is 69.3 Å². The Hall–Kier alpha value is -2.13. The number of ketones is 1. The Bertz CT molecular complexity index is 1280. The van der Waals surface area contributed by atoms with Crippen molar-refractivity contribution in [3.63, 3.8) is 0 Å². The van der Waals surface area contributed by atoms with Gasteiger partial charge in [-0.15, -0.1) is 11.3 Å². The highest BCUT2D eigenvalue weighted by atomic mass is 35.5. The molecule has 0 N–H and O–H groups in total. The zero-order chi connectivity index (χ0) is 24.0. The van der Waals surface area contributed by atoms with E-state index in [0.717, 1.165) is 16.3 Å². The van der Waals surface area contributed by atoms with Crippen LogP contribution in [-0.2, 0) is 0 Å². The second-order valence-corrected chi connectivity index (χ2v) is 9.59. The number of carbonyl (C=O) groups excluding carboxylic acids is 4. The Labute approximate surface area is 216 Å². The van der Waals surface area contributed by atoms with Crippen molar-refractivity contribution in [2.75, 3.05) is 6.54 Å². The summed E-state index contributed by atoms with van der Waals surface area (Å²) in [5, 5.41) is 2.32. The fourth-order valence-corrected chi connectivity index (χ4v) is 4.98. The molecule has 6 nitrogen and oxygen atoms in total. The summed E-state index contributed by atoms with van der Waals surface area (Å²) in [6.07, 6.45) is 0. The smallest absolute Gasteiger partial charge is 0.282 e. The van der Waals surface area contributed by atoms with Gasteiger partial charge in [0.2, 0.25) is 0 Å². The molecule has 2 aromatic carbocycles. The van der Waals surface area contributed by atoms with E-state index < -0.39 is 30.0 Å². The van der Waals surface area contributed by atoms with Gasteiger partial charge in [-0.2, -0.15) is 5.01 Å². The van der Waals surface area contributed by atoms with Crippen molar-refractivity contribution in [2.45, 2.75) is 0 Å². The maximum atomic E-state index is 13.4. The number of carbonyl (C=O) groups is 4. The number of thiophene rings is 1. The fourth-order valence-electron chi connectivity index (χ4n) is 3.18. The predicted octanol–water partition coefficient (Wildman–Crippen LogP) is 6.55. The standard InChI is InChI=1S/C21H9Cl5N2O4S/c22-10-5-3-9(4-6-10)19(30)27(8-11(29)12-2-1-7-33-12)28-20(31)13-14(21(28)32)16(24)18(26)17(25)15(13)23/h1-7H,8H2. The maximum absolute atomic E-state index is 13.4. The minimum Gasteiger partial charge on any atom is -0.291 e. The van der Waals surface area contributed by atoms with Crippen LogP contribution in [0.2, 0.25) is 25.1 Å². The molecule has 0 saturated heterocycles. The molecule has 0 atom stereocenters. The molecule has 0 unspecified atom stereocenters. The SMILES string of the molecule is O=C(CN(C(=O)c1ccc(Cl)cc1)N1C(=O)c2c(Cl)c(Cl)c(Cl)c(Cl)c2C1=O)c1cccs1. The molecule has 2 heterocycles. The van der Waals surface area contributed by atoms with E-state index in [1.54, 1.807) is 17.5 Å². The molecule has 3 aromatic rings. The number of hydrogen-bond acceptors (Lipinski definition) is 5. The molecular formula is C21H9Cl5N2O4S. The number of rotatable bonds is 5. The van der Waals surface area contributed by atoms with Gasteiger partial charge in [0.25, 0.3) is 17.7 Å². The average molecular weight is 563 g/mol. The van der Waals surface area contributed by atoms with Crippen LogP contribution in [0.5, 0.6) is 0 Å². The molecule has 0 fully saturated rings. The molecule has 0 saturated carbocycles. The third-order valence-corrected chi connectivity index (χ3v) is 7.70. The number of fused-ring (bicyclic) bond motifs is 1. The Morgan fingerprint density at radius 1 is 0.818 bits per heavy atom. The summed E-state index contributed by atoms with van der Waals surface area (Å²) in [4.78, 5) is 53.1. The number of halogens is 5. The number of hydrogen-bond donors (Lipinski definition) is 0. The van der Waals surface area contributed by atoms with Crippen LogP contribution in [0.1, 0.15) is 40.7 Å². The lowest BCUT2D eigenvalue weighted by molar-refractivity contribution is 0.00537. The second-order valence-electron chi connectivity index (χ2n) is 6.70. The highest BCUT2D eigenvalue weighted by Crippen LogP contribution is 2.45. The number of Topliss-reactive ketones (excluding diaryl/α,β-unsaturated/α-hetero) is 1. The molecule has 12 heteroatoms. The van der Waals surface area contributed by atoms with Gasteiger partial charge in [-0.3, -0.25) is 19.2 Å². The van der Waals surface area contributed by atoms with E-state index in [0.29, 0.717) is 14.9 Å². The molecule has 0 spiro atoms. The summed E-state index contributed by atoms with van der Waals surface area (Å²) < 4.78 is 0. The van der Waals surface area contributed by atoms with Gasteiger partial charge in [0.05, 0.1) is 36.1 Å². The highest BCUT2D eigenvalue weighted by Gasteiger charge is 2.46. The zero-order valence-corrected chi connectivity index (χ0v) is 20.7. The van der Waals surface area contributed by atoms with Crippen molar-refractivity contribution >= 4 is 92.8 Å². The molecule has 1 aromatic heterocycles. The van der Waals surface area contributed by atoms with E-state index in [-0.39, 0.29) is 36.8 Å². The van der Waals surface area contributed by atoms with Crippen LogP contribution < -0.4 is 0 Å². The molecule has 3 amide bonds. The van der Waals surface area contributed by atoms with Crippen molar-refractivity contribution < 1.29 is 19.2 Å². The van der Waals surface area contributed by atoms with Gasteiger partial charge in [0.1, 0.15) is 6.54 Å². The van der Waals surface area contributed by atoms with Gasteiger partial charge >= 0.3 is 0 Å².